The van der Waals surface area contributed by atoms with Gasteiger partial charge in [-0.05, 0) is 32.9 Å². The van der Waals surface area contributed by atoms with Gasteiger partial charge in [-0.1, -0.05) is 12.1 Å². The number of ether oxygens (including phenoxy) is 1. The number of piperazine rings is 1. The maximum absolute atomic E-state index is 12.9. The van der Waals surface area contributed by atoms with Gasteiger partial charge in [0.15, 0.2) is 0 Å². The minimum absolute atomic E-state index is 0.00151. The van der Waals surface area contributed by atoms with Gasteiger partial charge < -0.3 is 19.9 Å². The van der Waals surface area contributed by atoms with Crippen LogP contribution in [0.2, 0.25) is 0 Å². The summed E-state index contributed by atoms with van der Waals surface area (Å²) in [5.74, 6) is -0.0564. The zero-order valence-corrected chi connectivity index (χ0v) is 15.9. The second-order valence-electron chi connectivity index (χ2n) is 6.81. The summed E-state index contributed by atoms with van der Waals surface area (Å²) >= 11 is 0. The molecule has 142 valence electrons. The number of amides is 3. The molecule has 1 aromatic rings. The number of rotatable bonds is 5. The van der Waals surface area contributed by atoms with Crippen LogP contribution < -0.4 is 10.1 Å². The van der Waals surface area contributed by atoms with Gasteiger partial charge in [0.25, 0.3) is 0 Å². The molecule has 2 rings (SSSR count). The minimum atomic E-state index is -1.22. The lowest BCUT2D eigenvalue weighted by Crippen LogP contribution is -2.55. The lowest BCUT2D eigenvalue weighted by Gasteiger charge is -2.37. The third kappa shape index (κ3) is 4.33. The fourth-order valence-electron chi connectivity index (χ4n) is 2.85. The predicted octanol–water partition coefficient (Wildman–Crippen LogP) is 1.74. The summed E-state index contributed by atoms with van der Waals surface area (Å²) < 4.78 is 5.51. The fourth-order valence-corrected chi connectivity index (χ4v) is 2.85. The Bertz CT molecular complexity index is 679. The van der Waals surface area contributed by atoms with Crippen LogP contribution in [0.5, 0.6) is 5.75 Å². The number of nitrogens with one attached hydrogen (secondary N) is 1. The minimum Gasteiger partial charge on any atom is -0.492 e. The van der Waals surface area contributed by atoms with E-state index in [1.165, 1.54) is 6.92 Å². The van der Waals surface area contributed by atoms with Gasteiger partial charge in [0.05, 0.1) is 12.3 Å². The molecule has 1 fully saturated rings. The predicted molar refractivity (Wildman–Crippen MR) is 98.9 cm³/mol. The molecule has 0 spiro atoms. The lowest BCUT2D eigenvalue weighted by atomic mass is 9.89. The fraction of sp³-hybridized carbons (Fsp3) is 0.526. The van der Waals surface area contributed by atoms with Gasteiger partial charge in [-0.2, -0.15) is 0 Å². The maximum atomic E-state index is 12.9. The first-order valence-electron chi connectivity index (χ1n) is 8.85. The van der Waals surface area contributed by atoms with Crippen molar-refractivity contribution in [2.24, 2.45) is 5.41 Å². The molecule has 0 atom stereocenters. The Morgan fingerprint density at radius 2 is 1.65 bits per heavy atom. The van der Waals surface area contributed by atoms with Crippen molar-refractivity contribution in [3.8, 4) is 5.75 Å². The maximum Gasteiger partial charge on any atom is 0.239 e. The third-order valence-corrected chi connectivity index (χ3v) is 4.55. The Kier molecular flexibility index (Phi) is 6.23. The highest BCUT2D eigenvalue weighted by molar-refractivity contribution is 6.10. The van der Waals surface area contributed by atoms with Crippen LogP contribution in [0.1, 0.15) is 27.7 Å². The van der Waals surface area contributed by atoms with Crippen LogP contribution in [0.3, 0.4) is 0 Å². The Balaban J connectivity index is 2.05. The normalized spacial score (nSPS) is 14.8. The second-order valence-corrected chi connectivity index (χ2v) is 6.81. The SMILES string of the molecule is CCOc1ccccc1NC(=O)C(C)(C)C(=O)N1CCN(C(C)=O)CC1. The molecule has 26 heavy (non-hydrogen) atoms. The van der Waals surface area contributed by atoms with Gasteiger partial charge in [-0.25, -0.2) is 0 Å². The van der Waals surface area contributed by atoms with Crippen LogP contribution in [0.15, 0.2) is 24.3 Å². The van der Waals surface area contributed by atoms with E-state index < -0.39 is 5.41 Å². The Morgan fingerprint density at radius 3 is 2.23 bits per heavy atom. The highest BCUT2D eigenvalue weighted by atomic mass is 16.5. The summed E-state index contributed by atoms with van der Waals surface area (Å²) in [5.41, 5.74) is -0.681. The summed E-state index contributed by atoms with van der Waals surface area (Å²) in [7, 11) is 0. The molecule has 0 aliphatic carbocycles. The van der Waals surface area contributed by atoms with Crippen LogP contribution in [0.4, 0.5) is 5.69 Å². The van der Waals surface area contributed by atoms with Crippen molar-refractivity contribution in [3.63, 3.8) is 0 Å². The molecule has 1 aliphatic rings. The number of benzene rings is 1. The van der Waals surface area contributed by atoms with Gasteiger partial charge >= 0.3 is 0 Å². The summed E-state index contributed by atoms with van der Waals surface area (Å²) in [6, 6.07) is 7.14. The first-order valence-corrected chi connectivity index (χ1v) is 8.85. The van der Waals surface area contributed by atoms with E-state index in [-0.39, 0.29) is 17.7 Å². The quantitative estimate of drug-likeness (QED) is 0.810. The molecule has 0 unspecified atom stereocenters. The number of carbonyl (C=O) groups excluding carboxylic acids is 3. The Labute approximate surface area is 154 Å². The van der Waals surface area contributed by atoms with Crippen molar-refractivity contribution in [2.75, 3.05) is 38.1 Å². The van der Waals surface area contributed by atoms with Crippen molar-refractivity contribution < 1.29 is 19.1 Å². The first-order chi connectivity index (χ1) is 12.3. The second kappa shape index (κ2) is 8.21. The Morgan fingerprint density at radius 1 is 1.08 bits per heavy atom. The molecule has 1 aromatic carbocycles. The lowest BCUT2D eigenvalue weighted by molar-refractivity contribution is -0.149. The van der Waals surface area contributed by atoms with Crippen LogP contribution in [0.25, 0.3) is 0 Å². The van der Waals surface area contributed by atoms with Crippen LogP contribution >= 0.6 is 0 Å². The summed E-state index contributed by atoms with van der Waals surface area (Å²) in [4.78, 5) is 40.4. The molecule has 7 nitrogen and oxygen atoms in total. The van der Waals surface area contributed by atoms with Crippen LogP contribution in [0, 0.1) is 5.41 Å². The standard InChI is InChI=1S/C19H27N3O4/c1-5-26-16-9-7-6-8-15(16)20-17(24)19(3,4)18(25)22-12-10-21(11-13-22)14(2)23/h6-9H,5,10-13H2,1-4H3,(H,20,24). The molecular weight excluding hydrogens is 334 g/mol. The van der Waals surface area contributed by atoms with Crippen molar-refractivity contribution in [1.29, 1.82) is 0 Å². The van der Waals surface area contributed by atoms with Gasteiger partial charge in [-0.15, -0.1) is 0 Å². The monoisotopic (exact) mass is 361 g/mol. The number of para-hydroxylation sites is 2. The van der Waals surface area contributed by atoms with Gasteiger partial charge in [0, 0.05) is 33.1 Å². The highest BCUT2D eigenvalue weighted by Crippen LogP contribution is 2.28. The molecule has 1 heterocycles. The molecule has 0 saturated carbocycles. The summed E-state index contributed by atoms with van der Waals surface area (Å²) in [5, 5.41) is 2.81. The van der Waals surface area contributed by atoms with Gasteiger partial charge in [0.2, 0.25) is 17.7 Å². The number of hydrogen-bond acceptors (Lipinski definition) is 4. The summed E-state index contributed by atoms with van der Waals surface area (Å²) in [6.45, 7) is 8.96. The zero-order valence-electron chi connectivity index (χ0n) is 15.9. The summed E-state index contributed by atoms with van der Waals surface area (Å²) in [6.07, 6.45) is 0. The van der Waals surface area contributed by atoms with Crippen molar-refractivity contribution in [1.82, 2.24) is 9.80 Å². The van der Waals surface area contributed by atoms with Gasteiger partial charge in [0.1, 0.15) is 11.2 Å². The molecule has 0 bridgehead atoms. The van der Waals surface area contributed by atoms with E-state index in [4.69, 9.17) is 4.74 Å². The third-order valence-electron chi connectivity index (χ3n) is 4.55. The van der Waals surface area contributed by atoms with Crippen molar-refractivity contribution in [2.45, 2.75) is 27.7 Å². The molecule has 7 heteroatoms. The average Bonchev–Trinajstić information content (AvgIpc) is 2.62. The molecular formula is C19H27N3O4. The molecule has 0 aromatic heterocycles. The smallest absolute Gasteiger partial charge is 0.239 e. The van der Waals surface area contributed by atoms with E-state index >= 15 is 0 Å². The number of carbonyl (C=O) groups is 3. The van der Waals surface area contributed by atoms with E-state index in [1.54, 1.807) is 41.8 Å². The van der Waals surface area contributed by atoms with Crippen LogP contribution in [-0.2, 0) is 14.4 Å². The number of anilines is 1. The number of nitrogens with zero attached hydrogens (tertiary/aromatic N) is 2. The highest BCUT2D eigenvalue weighted by Gasteiger charge is 2.40. The molecule has 3 amide bonds. The average molecular weight is 361 g/mol. The Hall–Kier alpha value is -2.57. The largest absolute Gasteiger partial charge is 0.492 e. The molecule has 0 radical (unpaired) electrons. The molecule has 1 N–H and O–H groups in total. The van der Waals surface area contributed by atoms with Crippen LogP contribution in [-0.4, -0.2) is 60.3 Å². The van der Waals surface area contributed by atoms with E-state index in [0.29, 0.717) is 44.2 Å². The number of hydrogen-bond donors (Lipinski definition) is 1. The molecule has 1 aliphatic heterocycles. The first kappa shape index (κ1) is 19.8. The van der Waals surface area contributed by atoms with Gasteiger partial charge in [-0.3, -0.25) is 14.4 Å². The molecule has 1 saturated heterocycles. The van der Waals surface area contributed by atoms with E-state index in [9.17, 15) is 14.4 Å². The van der Waals surface area contributed by atoms with Crippen molar-refractivity contribution >= 4 is 23.4 Å². The topological polar surface area (TPSA) is 79.0 Å². The zero-order chi connectivity index (χ0) is 19.3. The van der Waals surface area contributed by atoms with Crippen molar-refractivity contribution in [3.05, 3.63) is 24.3 Å². The van der Waals surface area contributed by atoms with E-state index in [1.807, 2.05) is 13.0 Å². The van der Waals surface area contributed by atoms with E-state index in [2.05, 4.69) is 5.32 Å². The van der Waals surface area contributed by atoms with E-state index in [0.717, 1.165) is 0 Å².